The van der Waals surface area contributed by atoms with Crippen molar-refractivity contribution in [3.8, 4) is 5.75 Å². The Labute approximate surface area is 172 Å². The van der Waals surface area contributed by atoms with E-state index in [1.807, 2.05) is 18.3 Å². The molecule has 1 heterocycles. The zero-order valence-corrected chi connectivity index (χ0v) is 21.2. The van der Waals surface area contributed by atoms with Crippen molar-refractivity contribution >= 4 is 33.5 Å². The van der Waals surface area contributed by atoms with Crippen molar-refractivity contribution in [1.82, 2.24) is 4.98 Å². The molecule has 0 amide bonds. The summed E-state index contributed by atoms with van der Waals surface area (Å²) in [6.07, 6.45) is 2.18. The van der Waals surface area contributed by atoms with Gasteiger partial charge in [0, 0.05) is 17.1 Å². The highest BCUT2D eigenvalue weighted by molar-refractivity contribution is 6.75. The second-order valence-corrected chi connectivity index (χ2v) is 20.2. The van der Waals surface area contributed by atoms with Crippen LogP contribution < -0.4 is 4.43 Å². The monoisotopic (exact) mass is 419 g/mol. The summed E-state index contributed by atoms with van der Waals surface area (Å²) in [6, 6.07) is 6.10. The van der Waals surface area contributed by atoms with Gasteiger partial charge in [0.15, 0.2) is 0 Å². The van der Waals surface area contributed by atoms with Crippen LogP contribution in [0.5, 0.6) is 5.75 Å². The Kier molecular flexibility index (Phi) is 5.99. The van der Waals surface area contributed by atoms with Gasteiger partial charge in [0.05, 0.1) is 6.42 Å². The van der Waals surface area contributed by atoms with E-state index in [9.17, 15) is 4.79 Å². The number of rotatable bonds is 5. The number of fused-ring (bicyclic) bond motifs is 1. The molecule has 6 heteroatoms. The molecule has 0 saturated carbocycles. The number of aromatic nitrogens is 1. The minimum atomic E-state index is -2.11. The molecule has 0 unspecified atom stereocenters. The number of nitrogens with one attached hydrogen (secondary N) is 1. The maximum absolute atomic E-state index is 12.6. The van der Waals surface area contributed by atoms with E-state index in [1.54, 1.807) is 0 Å². The van der Waals surface area contributed by atoms with Crippen LogP contribution in [0, 0.1) is 0 Å². The molecular formula is C22H37NO3Si2. The lowest BCUT2D eigenvalue weighted by Crippen LogP contribution is -2.43. The third kappa shape index (κ3) is 4.89. The van der Waals surface area contributed by atoms with E-state index in [0.29, 0.717) is 0 Å². The van der Waals surface area contributed by atoms with E-state index in [-0.39, 0.29) is 22.5 Å². The summed E-state index contributed by atoms with van der Waals surface area (Å²) in [7, 11) is -4.02. The van der Waals surface area contributed by atoms with Gasteiger partial charge in [-0.25, -0.2) is 0 Å². The number of benzene rings is 1. The third-order valence-electron chi connectivity index (χ3n) is 6.43. The largest absolute Gasteiger partial charge is 0.543 e. The molecule has 1 aromatic carbocycles. The second kappa shape index (κ2) is 7.37. The molecule has 0 saturated heterocycles. The molecule has 2 aromatic rings. The fraction of sp³-hybridized carbons (Fsp3) is 0.591. The number of aromatic amines is 1. The van der Waals surface area contributed by atoms with Crippen molar-refractivity contribution in [3.05, 3.63) is 30.0 Å². The maximum atomic E-state index is 12.6. The van der Waals surface area contributed by atoms with Crippen LogP contribution in [0.2, 0.25) is 36.3 Å². The lowest BCUT2D eigenvalue weighted by atomic mass is 10.1. The average molecular weight is 420 g/mol. The fourth-order valence-corrected chi connectivity index (χ4v) is 4.41. The second-order valence-electron chi connectivity index (χ2n) is 10.8. The molecule has 0 aliphatic heterocycles. The van der Waals surface area contributed by atoms with E-state index in [0.717, 1.165) is 22.2 Å². The Morgan fingerprint density at radius 1 is 0.964 bits per heavy atom. The Morgan fingerprint density at radius 3 is 2.07 bits per heavy atom. The Balaban J connectivity index is 2.24. The predicted octanol–water partition coefficient (Wildman–Crippen LogP) is 6.64. The Hall–Kier alpha value is -1.54. The van der Waals surface area contributed by atoms with Crippen LogP contribution in [0.15, 0.2) is 24.4 Å². The highest BCUT2D eigenvalue weighted by atomic mass is 28.4. The summed E-state index contributed by atoms with van der Waals surface area (Å²) in [5.41, 5.74) is 1.97. The first-order chi connectivity index (χ1) is 12.5. The highest BCUT2D eigenvalue weighted by Crippen LogP contribution is 2.39. The number of hydrogen-bond acceptors (Lipinski definition) is 3. The van der Waals surface area contributed by atoms with Gasteiger partial charge in [0.1, 0.15) is 5.75 Å². The summed E-state index contributed by atoms with van der Waals surface area (Å²) in [4.78, 5) is 15.9. The standard InChI is InChI=1S/C22H37NO3Si2/c1-21(2,3)27(7,8)25-17-11-12-19-18(14-17)16(15-23-19)13-20(24)26-28(9,10)22(4,5)6/h11-12,14-15,23H,13H2,1-10H3. The molecule has 2 rings (SSSR count). The van der Waals surface area contributed by atoms with E-state index >= 15 is 0 Å². The molecule has 0 bridgehead atoms. The normalized spacial score (nSPS) is 13.6. The van der Waals surface area contributed by atoms with Crippen LogP contribution in [-0.4, -0.2) is 27.6 Å². The average Bonchev–Trinajstić information content (AvgIpc) is 2.86. The first-order valence-electron chi connectivity index (χ1n) is 10.0. The van der Waals surface area contributed by atoms with Gasteiger partial charge in [-0.3, -0.25) is 4.79 Å². The van der Waals surface area contributed by atoms with Gasteiger partial charge < -0.3 is 13.8 Å². The number of carbonyl (C=O) groups excluding carboxylic acids is 1. The van der Waals surface area contributed by atoms with Crippen LogP contribution in [0.3, 0.4) is 0 Å². The molecule has 0 radical (unpaired) electrons. The molecule has 156 valence electrons. The van der Waals surface area contributed by atoms with Crippen LogP contribution in [0.1, 0.15) is 47.1 Å². The molecular weight excluding hydrogens is 382 g/mol. The van der Waals surface area contributed by atoms with Crippen molar-refractivity contribution in [2.45, 2.75) is 84.2 Å². The molecule has 1 aromatic heterocycles. The summed E-state index contributed by atoms with van der Waals surface area (Å²) >= 11 is 0. The minimum Gasteiger partial charge on any atom is -0.543 e. The number of carbonyl (C=O) groups is 1. The zero-order valence-electron chi connectivity index (χ0n) is 19.2. The van der Waals surface area contributed by atoms with Crippen LogP contribution in [0.4, 0.5) is 0 Å². The van der Waals surface area contributed by atoms with Gasteiger partial charge in [0.2, 0.25) is 8.32 Å². The summed E-state index contributed by atoms with van der Waals surface area (Å²) in [6.45, 7) is 21.8. The van der Waals surface area contributed by atoms with Crippen LogP contribution in [0.25, 0.3) is 10.9 Å². The van der Waals surface area contributed by atoms with Crippen molar-refractivity contribution in [3.63, 3.8) is 0 Å². The SMILES string of the molecule is CC(C)(C)[Si](C)(C)OC(=O)Cc1c[nH]c2ccc(O[Si](C)(C)C(C)(C)C)cc12. The van der Waals surface area contributed by atoms with Gasteiger partial charge in [-0.1, -0.05) is 41.5 Å². The van der Waals surface area contributed by atoms with Crippen molar-refractivity contribution < 1.29 is 13.6 Å². The van der Waals surface area contributed by atoms with Crippen molar-refractivity contribution in [1.29, 1.82) is 0 Å². The smallest absolute Gasteiger partial charge is 0.297 e. The van der Waals surface area contributed by atoms with Crippen molar-refractivity contribution in [2.75, 3.05) is 0 Å². The first-order valence-corrected chi connectivity index (χ1v) is 15.9. The lowest BCUT2D eigenvalue weighted by Gasteiger charge is -2.36. The van der Waals surface area contributed by atoms with E-state index in [1.165, 1.54) is 0 Å². The predicted molar refractivity (Wildman–Crippen MR) is 123 cm³/mol. The third-order valence-corrected chi connectivity index (χ3v) is 15.1. The van der Waals surface area contributed by atoms with E-state index < -0.39 is 16.6 Å². The zero-order chi connectivity index (χ0) is 21.5. The lowest BCUT2D eigenvalue weighted by molar-refractivity contribution is -0.134. The summed E-state index contributed by atoms with van der Waals surface area (Å²) in [5, 5.41) is 1.17. The molecule has 0 atom stereocenters. The fourth-order valence-electron chi connectivity index (χ4n) is 2.44. The molecule has 1 N–H and O–H groups in total. The molecule has 28 heavy (non-hydrogen) atoms. The molecule has 0 fully saturated rings. The maximum Gasteiger partial charge on any atom is 0.297 e. The number of hydrogen-bond donors (Lipinski definition) is 1. The first kappa shape index (κ1) is 22.7. The van der Waals surface area contributed by atoms with E-state index in [2.05, 4.69) is 78.8 Å². The van der Waals surface area contributed by atoms with Crippen LogP contribution >= 0.6 is 0 Å². The Bertz CT molecular complexity index is 855. The molecule has 0 aliphatic rings. The van der Waals surface area contributed by atoms with Gasteiger partial charge in [-0.2, -0.15) is 0 Å². The van der Waals surface area contributed by atoms with Crippen molar-refractivity contribution in [2.24, 2.45) is 0 Å². The quantitative estimate of drug-likeness (QED) is 0.552. The minimum absolute atomic E-state index is 0.00699. The Morgan fingerprint density at radius 2 is 1.54 bits per heavy atom. The summed E-state index contributed by atoms with van der Waals surface area (Å²) in [5.74, 6) is 0.723. The van der Waals surface area contributed by atoms with E-state index in [4.69, 9.17) is 8.85 Å². The van der Waals surface area contributed by atoms with Gasteiger partial charge in [0.25, 0.3) is 14.3 Å². The highest BCUT2D eigenvalue weighted by Gasteiger charge is 2.40. The molecule has 0 aliphatic carbocycles. The van der Waals surface area contributed by atoms with Gasteiger partial charge in [-0.15, -0.1) is 0 Å². The molecule has 4 nitrogen and oxygen atoms in total. The summed E-state index contributed by atoms with van der Waals surface area (Å²) < 4.78 is 12.4. The van der Waals surface area contributed by atoms with Crippen LogP contribution in [-0.2, 0) is 15.6 Å². The van der Waals surface area contributed by atoms with Gasteiger partial charge >= 0.3 is 0 Å². The topological polar surface area (TPSA) is 51.3 Å². The molecule has 0 spiro atoms. The van der Waals surface area contributed by atoms with Gasteiger partial charge in [-0.05, 0) is 60.0 Å². The number of H-pyrrole nitrogens is 1.